The van der Waals surface area contributed by atoms with Crippen LogP contribution in [0.5, 0.6) is 5.75 Å². The van der Waals surface area contributed by atoms with Crippen molar-refractivity contribution in [3.05, 3.63) is 29.8 Å². The van der Waals surface area contributed by atoms with Crippen LogP contribution < -0.4 is 0 Å². The molecule has 0 atom stereocenters. The molecule has 0 spiro atoms. The van der Waals surface area contributed by atoms with E-state index in [0.717, 1.165) is 5.56 Å². The summed E-state index contributed by atoms with van der Waals surface area (Å²) in [5.74, 6) is 0.368. The molecule has 48 valence electrons. The summed E-state index contributed by atoms with van der Waals surface area (Å²) in [7, 11) is 0. The molecule has 0 saturated heterocycles. The first kappa shape index (κ1) is 8.66. The number of rotatable bonds is 0. The molecule has 1 aromatic carbocycles. The maximum absolute atomic E-state index is 8.92. The molecule has 0 aliphatic rings. The average Bonchev–Trinajstić information content (AvgIpc) is 1.77. The fourth-order valence-corrected chi connectivity index (χ4v) is 0.563. The molecule has 1 nitrogen and oxygen atoms in total. The van der Waals surface area contributed by atoms with Gasteiger partial charge in [0.05, 0.1) is 0 Å². The number of para-hydroxylation sites is 1. The zero-order chi connectivity index (χ0) is 5.98. The van der Waals surface area contributed by atoms with Crippen molar-refractivity contribution in [1.82, 2.24) is 0 Å². The fourth-order valence-electron chi connectivity index (χ4n) is 0.563. The summed E-state index contributed by atoms with van der Waals surface area (Å²) in [5, 5.41) is 8.92. The Morgan fingerprint density at radius 1 is 1.22 bits per heavy atom. The summed E-state index contributed by atoms with van der Waals surface area (Å²) in [6.45, 7) is 1.87. The van der Waals surface area contributed by atoms with Gasteiger partial charge in [-0.1, -0.05) is 18.2 Å². The van der Waals surface area contributed by atoms with Gasteiger partial charge in [0, 0.05) is 0 Å². The van der Waals surface area contributed by atoms with E-state index in [2.05, 4.69) is 0 Å². The Labute approximate surface area is 67.8 Å². The zero-order valence-electron chi connectivity index (χ0n) is 4.76. The normalized spacial score (nSPS) is 8.11. The molecule has 0 unspecified atom stereocenters. The van der Waals surface area contributed by atoms with E-state index in [1.807, 2.05) is 25.1 Å². The molecule has 2 heteroatoms. The minimum atomic E-state index is 0. The monoisotopic (exact) mass is 180 g/mol. The Kier molecular flexibility index (Phi) is 3.50. The van der Waals surface area contributed by atoms with Crippen molar-refractivity contribution in [2.75, 3.05) is 0 Å². The molecule has 1 N–H and O–H groups in total. The SMILES string of the molecule is Cc1ccccc1O.[GaH3]. The van der Waals surface area contributed by atoms with Gasteiger partial charge in [0.2, 0.25) is 0 Å². The van der Waals surface area contributed by atoms with E-state index in [1.165, 1.54) is 0 Å². The Morgan fingerprint density at radius 3 is 2.11 bits per heavy atom. The third kappa shape index (κ3) is 2.16. The topological polar surface area (TPSA) is 20.2 Å². The van der Waals surface area contributed by atoms with Crippen LogP contribution in [-0.2, 0) is 0 Å². The van der Waals surface area contributed by atoms with Gasteiger partial charge in [-0.25, -0.2) is 0 Å². The van der Waals surface area contributed by atoms with Crippen LogP contribution in [-0.4, -0.2) is 24.9 Å². The minimum absolute atomic E-state index is 0. The van der Waals surface area contributed by atoms with Crippen LogP contribution in [0.2, 0.25) is 0 Å². The van der Waals surface area contributed by atoms with Crippen molar-refractivity contribution >= 4 is 19.8 Å². The van der Waals surface area contributed by atoms with Gasteiger partial charge in [-0.05, 0) is 18.6 Å². The first-order valence-corrected chi connectivity index (χ1v) is 2.55. The number of phenols is 1. The van der Waals surface area contributed by atoms with E-state index in [9.17, 15) is 0 Å². The Balaban J connectivity index is 0.000000640. The van der Waals surface area contributed by atoms with E-state index in [4.69, 9.17) is 5.11 Å². The maximum atomic E-state index is 8.92. The Morgan fingerprint density at radius 2 is 1.78 bits per heavy atom. The van der Waals surface area contributed by atoms with Gasteiger partial charge in [0.1, 0.15) is 5.75 Å². The second-order valence-electron chi connectivity index (χ2n) is 1.79. The number of aryl methyl sites for hydroxylation is 1. The van der Waals surface area contributed by atoms with E-state index < -0.39 is 0 Å². The average molecular weight is 181 g/mol. The standard InChI is InChI=1S/C7H8O.Ga.3H/c1-6-4-2-3-5-7(6)8;;;;/h2-5,8H,1H3;;;;. The van der Waals surface area contributed by atoms with Gasteiger partial charge in [-0.2, -0.15) is 0 Å². The molecular formula is C7H11GaO. The molecule has 0 amide bonds. The first-order chi connectivity index (χ1) is 3.80. The van der Waals surface area contributed by atoms with Gasteiger partial charge in [-0.3, -0.25) is 0 Å². The summed E-state index contributed by atoms with van der Waals surface area (Å²) in [4.78, 5) is 0. The third-order valence-electron chi connectivity index (χ3n) is 1.12. The van der Waals surface area contributed by atoms with Gasteiger partial charge < -0.3 is 5.11 Å². The molecule has 0 bridgehead atoms. The van der Waals surface area contributed by atoms with Crippen LogP contribution in [0.1, 0.15) is 5.56 Å². The van der Waals surface area contributed by atoms with Crippen molar-refractivity contribution in [3.63, 3.8) is 0 Å². The van der Waals surface area contributed by atoms with Crippen molar-refractivity contribution in [1.29, 1.82) is 0 Å². The van der Waals surface area contributed by atoms with Gasteiger partial charge in [0.25, 0.3) is 0 Å². The predicted octanol–water partition coefficient (Wildman–Crippen LogP) is 0.517. The number of hydrogen-bond acceptors (Lipinski definition) is 1. The molecule has 9 heavy (non-hydrogen) atoms. The number of aromatic hydroxyl groups is 1. The fraction of sp³-hybridized carbons (Fsp3) is 0.143. The van der Waals surface area contributed by atoms with Crippen molar-refractivity contribution in [2.45, 2.75) is 6.92 Å². The van der Waals surface area contributed by atoms with Gasteiger partial charge >= 0.3 is 19.8 Å². The van der Waals surface area contributed by atoms with Gasteiger partial charge in [0.15, 0.2) is 0 Å². The van der Waals surface area contributed by atoms with Crippen molar-refractivity contribution < 1.29 is 5.11 Å². The Hall–Kier alpha value is -0.344. The molecule has 1 aromatic rings. The van der Waals surface area contributed by atoms with E-state index in [-0.39, 0.29) is 19.8 Å². The van der Waals surface area contributed by atoms with Crippen LogP contribution in [0.25, 0.3) is 0 Å². The van der Waals surface area contributed by atoms with Crippen LogP contribution in [0, 0.1) is 6.92 Å². The Bertz CT molecular complexity index is 165. The molecule has 0 aromatic heterocycles. The van der Waals surface area contributed by atoms with E-state index in [1.54, 1.807) is 6.07 Å². The van der Waals surface area contributed by atoms with Gasteiger partial charge in [-0.15, -0.1) is 0 Å². The molecule has 0 fully saturated rings. The molecule has 0 radical (unpaired) electrons. The summed E-state index contributed by atoms with van der Waals surface area (Å²) >= 11 is 0. The number of benzene rings is 1. The second kappa shape index (κ2) is 3.64. The summed E-state index contributed by atoms with van der Waals surface area (Å²) in [6, 6.07) is 7.25. The molecule has 0 heterocycles. The molecular weight excluding hydrogens is 170 g/mol. The van der Waals surface area contributed by atoms with E-state index in [0.29, 0.717) is 5.75 Å². The third-order valence-corrected chi connectivity index (χ3v) is 1.12. The second-order valence-corrected chi connectivity index (χ2v) is 1.79. The number of hydrogen-bond donors (Lipinski definition) is 1. The van der Waals surface area contributed by atoms with Crippen LogP contribution in [0.15, 0.2) is 24.3 Å². The molecule has 0 saturated carbocycles. The van der Waals surface area contributed by atoms with Crippen LogP contribution in [0.4, 0.5) is 0 Å². The molecule has 0 aliphatic heterocycles. The molecule has 1 rings (SSSR count). The predicted molar refractivity (Wildman–Crippen MR) is 42.8 cm³/mol. The van der Waals surface area contributed by atoms with Crippen molar-refractivity contribution in [3.8, 4) is 5.75 Å². The van der Waals surface area contributed by atoms with Crippen LogP contribution >= 0.6 is 0 Å². The van der Waals surface area contributed by atoms with Crippen LogP contribution in [0.3, 0.4) is 0 Å². The zero-order valence-corrected chi connectivity index (χ0v) is 4.76. The number of phenolic OH excluding ortho intramolecular Hbond substituents is 1. The summed E-state index contributed by atoms with van der Waals surface area (Å²) in [6.07, 6.45) is 0. The quantitative estimate of drug-likeness (QED) is 0.578. The van der Waals surface area contributed by atoms with Crippen molar-refractivity contribution in [2.24, 2.45) is 0 Å². The summed E-state index contributed by atoms with van der Waals surface area (Å²) < 4.78 is 0. The molecule has 0 aliphatic carbocycles. The van der Waals surface area contributed by atoms with E-state index >= 15 is 0 Å². The summed E-state index contributed by atoms with van der Waals surface area (Å²) in [5.41, 5.74) is 0.924. The first-order valence-electron chi connectivity index (χ1n) is 2.55.